The molecule has 0 aromatic carbocycles. The molecule has 2 N–H and O–H groups in total. The molecular weight excluding hydrogens is 214 g/mol. The van der Waals surface area contributed by atoms with Crippen molar-refractivity contribution in [2.24, 2.45) is 18.7 Å². The monoisotopic (exact) mass is 237 g/mol. The van der Waals surface area contributed by atoms with Gasteiger partial charge in [0.1, 0.15) is 0 Å². The molecule has 4 nitrogen and oxygen atoms in total. The first-order chi connectivity index (χ1) is 7.99. The number of nitrogens with two attached hydrogens (primary N) is 1. The summed E-state index contributed by atoms with van der Waals surface area (Å²) < 4.78 is 1.78. The Balaban J connectivity index is 2.70. The summed E-state index contributed by atoms with van der Waals surface area (Å²) in [5.41, 5.74) is 7.90. The van der Waals surface area contributed by atoms with Crippen LogP contribution in [0.5, 0.6) is 0 Å². The Hall–Kier alpha value is -1.16. The zero-order chi connectivity index (χ0) is 13.0. The standard InChI is InChI=1S/C13H23N3O/c1-5-9(3)13(14)12(17)8-11-7-10(6-2)15-16(11)4/h7,9,13H,5-6,8,14H2,1-4H3. The second kappa shape index (κ2) is 5.96. The van der Waals surface area contributed by atoms with Gasteiger partial charge in [0.25, 0.3) is 0 Å². The minimum absolute atomic E-state index is 0.102. The number of aryl methyl sites for hydroxylation is 2. The Labute approximate surface area is 103 Å². The molecule has 0 radical (unpaired) electrons. The van der Waals surface area contributed by atoms with Crippen molar-refractivity contribution in [2.75, 3.05) is 0 Å². The summed E-state index contributed by atoms with van der Waals surface area (Å²) in [6, 6.07) is 1.63. The van der Waals surface area contributed by atoms with Crippen LogP contribution in [-0.2, 0) is 24.7 Å². The molecule has 1 aromatic rings. The van der Waals surface area contributed by atoms with Crippen molar-refractivity contribution in [1.29, 1.82) is 0 Å². The summed E-state index contributed by atoms with van der Waals surface area (Å²) >= 11 is 0. The molecule has 0 saturated heterocycles. The molecule has 17 heavy (non-hydrogen) atoms. The van der Waals surface area contributed by atoms with E-state index < -0.39 is 0 Å². The summed E-state index contributed by atoms with van der Waals surface area (Å²) in [6.07, 6.45) is 2.20. The van der Waals surface area contributed by atoms with Crippen LogP contribution in [0.25, 0.3) is 0 Å². The van der Waals surface area contributed by atoms with Crippen LogP contribution in [0.2, 0.25) is 0 Å². The number of carbonyl (C=O) groups is 1. The molecule has 0 aliphatic heterocycles. The fourth-order valence-electron chi connectivity index (χ4n) is 1.78. The number of hydrogen-bond acceptors (Lipinski definition) is 3. The number of nitrogens with zero attached hydrogens (tertiary/aromatic N) is 2. The van der Waals surface area contributed by atoms with E-state index in [1.54, 1.807) is 4.68 Å². The van der Waals surface area contributed by atoms with Crippen LogP contribution in [0.15, 0.2) is 6.07 Å². The Morgan fingerprint density at radius 3 is 2.65 bits per heavy atom. The molecule has 0 amide bonds. The van der Waals surface area contributed by atoms with E-state index in [1.165, 1.54) is 0 Å². The SMILES string of the molecule is CCc1cc(CC(=O)C(N)C(C)CC)n(C)n1. The first-order valence-electron chi connectivity index (χ1n) is 6.29. The summed E-state index contributed by atoms with van der Waals surface area (Å²) in [5, 5.41) is 4.33. The molecular formula is C13H23N3O. The summed E-state index contributed by atoms with van der Waals surface area (Å²) in [6.45, 7) is 6.12. The van der Waals surface area contributed by atoms with Crippen molar-refractivity contribution in [3.8, 4) is 0 Å². The van der Waals surface area contributed by atoms with Gasteiger partial charge in [0.05, 0.1) is 18.2 Å². The van der Waals surface area contributed by atoms with E-state index in [0.717, 1.165) is 24.2 Å². The molecule has 4 heteroatoms. The lowest BCUT2D eigenvalue weighted by atomic mass is 9.94. The van der Waals surface area contributed by atoms with E-state index in [2.05, 4.69) is 18.9 Å². The van der Waals surface area contributed by atoms with E-state index in [4.69, 9.17) is 5.73 Å². The minimum atomic E-state index is -0.361. The molecule has 0 spiro atoms. The van der Waals surface area contributed by atoms with E-state index in [-0.39, 0.29) is 17.7 Å². The predicted molar refractivity (Wildman–Crippen MR) is 68.7 cm³/mol. The highest BCUT2D eigenvalue weighted by Crippen LogP contribution is 2.11. The first kappa shape index (κ1) is 13.9. The van der Waals surface area contributed by atoms with Crippen molar-refractivity contribution in [2.45, 2.75) is 46.1 Å². The van der Waals surface area contributed by atoms with Gasteiger partial charge in [-0.15, -0.1) is 0 Å². The quantitative estimate of drug-likeness (QED) is 0.815. The van der Waals surface area contributed by atoms with Gasteiger partial charge in [-0.25, -0.2) is 0 Å². The van der Waals surface area contributed by atoms with Gasteiger partial charge in [0, 0.05) is 12.7 Å². The Bertz CT molecular complexity index is 384. The Morgan fingerprint density at radius 2 is 2.18 bits per heavy atom. The molecule has 1 rings (SSSR count). The van der Waals surface area contributed by atoms with Crippen LogP contribution >= 0.6 is 0 Å². The zero-order valence-corrected chi connectivity index (χ0v) is 11.2. The van der Waals surface area contributed by atoms with Crippen LogP contribution in [-0.4, -0.2) is 21.6 Å². The number of Topliss-reactive ketones (excluding diaryl/α,β-unsaturated/α-hetero) is 1. The van der Waals surface area contributed by atoms with Gasteiger partial charge in [-0.2, -0.15) is 5.10 Å². The van der Waals surface area contributed by atoms with Crippen molar-refractivity contribution >= 4 is 5.78 Å². The van der Waals surface area contributed by atoms with Crippen LogP contribution in [0.4, 0.5) is 0 Å². The first-order valence-corrected chi connectivity index (χ1v) is 6.29. The fraction of sp³-hybridized carbons (Fsp3) is 0.692. The molecule has 2 atom stereocenters. The highest BCUT2D eigenvalue weighted by Gasteiger charge is 2.20. The lowest BCUT2D eigenvalue weighted by Crippen LogP contribution is -2.37. The summed E-state index contributed by atoms with van der Waals surface area (Å²) in [4.78, 5) is 12.0. The normalized spacial score (nSPS) is 14.6. The number of hydrogen-bond donors (Lipinski definition) is 1. The van der Waals surface area contributed by atoms with Crippen molar-refractivity contribution in [1.82, 2.24) is 9.78 Å². The van der Waals surface area contributed by atoms with E-state index in [1.807, 2.05) is 20.0 Å². The molecule has 96 valence electrons. The smallest absolute Gasteiger partial charge is 0.155 e. The van der Waals surface area contributed by atoms with Crippen LogP contribution < -0.4 is 5.73 Å². The van der Waals surface area contributed by atoms with Gasteiger partial charge in [-0.1, -0.05) is 27.2 Å². The second-order valence-electron chi connectivity index (χ2n) is 4.66. The third kappa shape index (κ3) is 3.40. The third-order valence-corrected chi connectivity index (χ3v) is 3.37. The number of rotatable bonds is 6. The van der Waals surface area contributed by atoms with E-state index in [9.17, 15) is 4.79 Å². The van der Waals surface area contributed by atoms with Crippen molar-refractivity contribution in [3.63, 3.8) is 0 Å². The Morgan fingerprint density at radius 1 is 1.53 bits per heavy atom. The molecule has 0 saturated carbocycles. The molecule has 0 fully saturated rings. The summed E-state index contributed by atoms with van der Waals surface area (Å²) in [5.74, 6) is 0.339. The van der Waals surface area contributed by atoms with E-state index >= 15 is 0 Å². The van der Waals surface area contributed by atoms with Crippen LogP contribution in [0, 0.1) is 5.92 Å². The predicted octanol–water partition coefficient (Wildman–Crippen LogP) is 1.47. The average molecular weight is 237 g/mol. The van der Waals surface area contributed by atoms with E-state index in [0.29, 0.717) is 6.42 Å². The minimum Gasteiger partial charge on any atom is -0.321 e. The molecule has 1 aromatic heterocycles. The fourth-order valence-corrected chi connectivity index (χ4v) is 1.78. The highest BCUT2D eigenvalue weighted by atomic mass is 16.1. The molecule has 0 aliphatic carbocycles. The van der Waals surface area contributed by atoms with Gasteiger partial charge in [0.2, 0.25) is 0 Å². The largest absolute Gasteiger partial charge is 0.321 e. The van der Waals surface area contributed by atoms with Crippen LogP contribution in [0.1, 0.15) is 38.6 Å². The maximum atomic E-state index is 12.0. The average Bonchev–Trinajstić information content (AvgIpc) is 2.68. The van der Waals surface area contributed by atoms with Crippen molar-refractivity contribution < 1.29 is 4.79 Å². The molecule has 2 unspecified atom stereocenters. The maximum absolute atomic E-state index is 12.0. The lowest BCUT2D eigenvalue weighted by Gasteiger charge is -2.16. The number of aromatic nitrogens is 2. The van der Waals surface area contributed by atoms with Crippen LogP contribution in [0.3, 0.4) is 0 Å². The highest BCUT2D eigenvalue weighted by molar-refractivity contribution is 5.85. The van der Waals surface area contributed by atoms with Gasteiger partial charge >= 0.3 is 0 Å². The topological polar surface area (TPSA) is 60.9 Å². The van der Waals surface area contributed by atoms with Crippen molar-refractivity contribution in [3.05, 3.63) is 17.5 Å². The maximum Gasteiger partial charge on any atom is 0.155 e. The number of carbonyl (C=O) groups excluding carboxylic acids is 1. The third-order valence-electron chi connectivity index (χ3n) is 3.37. The number of ketones is 1. The molecule has 1 heterocycles. The van der Waals surface area contributed by atoms with Gasteiger partial charge in [-0.05, 0) is 18.4 Å². The molecule has 0 aliphatic rings. The summed E-state index contributed by atoms with van der Waals surface area (Å²) in [7, 11) is 1.87. The molecule has 0 bridgehead atoms. The second-order valence-corrected chi connectivity index (χ2v) is 4.66. The van der Waals surface area contributed by atoms with Gasteiger partial charge in [0.15, 0.2) is 5.78 Å². The lowest BCUT2D eigenvalue weighted by molar-refractivity contribution is -0.120. The Kier molecular flexibility index (Phi) is 4.87. The van der Waals surface area contributed by atoms with Gasteiger partial charge < -0.3 is 5.73 Å². The van der Waals surface area contributed by atoms with Gasteiger partial charge in [-0.3, -0.25) is 9.48 Å². The zero-order valence-electron chi connectivity index (χ0n) is 11.2.